The minimum absolute atomic E-state index is 0.0860. The van der Waals surface area contributed by atoms with Gasteiger partial charge < -0.3 is 24.5 Å². The number of aromatic nitrogens is 1. The maximum absolute atomic E-state index is 12.8. The van der Waals surface area contributed by atoms with Gasteiger partial charge >= 0.3 is 0 Å². The lowest BCUT2D eigenvalue weighted by molar-refractivity contribution is 0.0655. The number of nitrogens with one attached hydrogen (secondary N) is 1. The topological polar surface area (TPSA) is 82.0 Å². The minimum Gasteiger partial charge on any atom is -0.487 e. The van der Waals surface area contributed by atoms with Crippen LogP contribution in [0.2, 0.25) is 0 Å². The molecule has 1 N–H and O–H groups in total. The van der Waals surface area contributed by atoms with Gasteiger partial charge in [-0.2, -0.15) is 0 Å². The second kappa shape index (κ2) is 8.70. The maximum Gasteiger partial charge on any atom is 0.277 e. The van der Waals surface area contributed by atoms with E-state index in [0.717, 1.165) is 12.8 Å². The predicted molar refractivity (Wildman–Crippen MR) is 89.0 cm³/mol. The number of methoxy groups -OCH3 is 2. The Hall–Kier alpha value is -2.06. The molecular weight excluding hydrogens is 314 g/mol. The van der Waals surface area contributed by atoms with Crippen LogP contribution in [0, 0.1) is 0 Å². The summed E-state index contributed by atoms with van der Waals surface area (Å²) in [5, 5.41) is 0. The van der Waals surface area contributed by atoms with Crippen molar-refractivity contribution in [3.63, 3.8) is 0 Å². The zero-order valence-corrected chi connectivity index (χ0v) is 14.5. The van der Waals surface area contributed by atoms with Crippen molar-refractivity contribution >= 4 is 5.91 Å². The Labute approximate surface area is 141 Å². The van der Waals surface area contributed by atoms with Crippen molar-refractivity contribution in [2.75, 3.05) is 46.1 Å². The highest BCUT2D eigenvalue weighted by Crippen LogP contribution is 2.21. The maximum atomic E-state index is 12.8. The van der Waals surface area contributed by atoms with E-state index in [-0.39, 0.29) is 29.4 Å². The molecule has 8 nitrogen and oxygen atoms in total. The summed E-state index contributed by atoms with van der Waals surface area (Å²) in [6.45, 7) is 3.82. The fraction of sp³-hybridized carbons (Fsp3) is 0.625. The quantitative estimate of drug-likeness (QED) is 0.670. The molecule has 0 bridgehead atoms. The van der Waals surface area contributed by atoms with Crippen LogP contribution in [0.3, 0.4) is 0 Å². The van der Waals surface area contributed by atoms with Crippen molar-refractivity contribution in [1.82, 2.24) is 9.58 Å². The Kier molecular flexibility index (Phi) is 6.62. The molecule has 0 aromatic carbocycles. The van der Waals surface area contributed by atoms with Gasteiger partial charge in [0.15, 0.2) is 11.4 Å². The van der Waals surface area contributed by atoms with E-state index < -0.39 is 0 Å². The fourth-order valence-electron chi connectivity index (χ4n) is 2.49. The summed E-state index contributed by atoms with van der Waals surface area (Å²) in [4.78, 5) is 26.8. The molecule has 0 saturated carbocycles. The molecule has 2 rings (SSSR count). The summed E-state index contributed by atoms with van der Waals surface area (Å²) in [6.07, 6.45) is 1.76. The zero-order chi connectivity index (χ0) is 17.5. The van der Waals surface area contributed by atoms with Gasteiger partial charge in [-0.15, -0.1) is 0 Å². The van der Waals surface area contributed by atoms with Crippen LogP contribution in [-0.4, -0.2) is 56.1 Å². The number of nitrogens with zero attached hydrogens (tertiary/aromatic N) is 2. The van der Waals surface area contributed by atoms with Crippen molar-refractivity contribution in [2.24, 2.45) is 0 Å². The van der Waals surface area contributed by atoms with Crippen LogP contribution in [0.25, 0.3) is 0 Å². The van der Waals surface area contributed by atoms with Crippen LogP contribution in [-0.2, 0) is 16.1 Å². The molecule has 0 atom stereocenters. The second-order valence-electron chi connectivity index (χ2n) is 5.53. The first-order valence-electron chi connectivity index (χ1n) is 8.06. The van der Waals surface area contributed by atoms with Gasteiger partial charge in [0.2, 0.25) is 5.43 Å². The van der Waals surface area contributed by atoms with Crippen molar-refractivity contribution in [2.45, 2.75) is 26.4 Å². The lowest BCUT2D eigenvalue weighted by atomic mass is 10.2. The van der Waals surface area contributed by atoms with Crippen LogP contribution >= 0.6 is 0 Å². The van der Waals surface area contributed by atoms with Crippen LogP contribution in [0.4, 0.5) is 0 Å². The monoisotopic (exact) mass is 339 g/mol. The van der Waals surface area contributed by atoms with E-state index in [1.165, 1.54) is 6.07 Å². The molecule has 1 aromatic heterocycles. The number of carbonyl (C=O) groups is 1. The Morgan fingerprint density at radius 1 is 1.21 bits per heavy atom. The molecule has 134 valence electrons. The van der Waals surface area contributed by atoms with E-state index in [9.17, 15) is 9.59 Å². The molecule has 1 aliphatic heterocycles. The Morgan fingerprint density at radius 2 is 2.00 bits per heavy atom. The van der Waals surface area contributed by atoms with Crippen LogP contribution in [0.5, 0.6) is 5.75 Å². The average Bonchev–Trinajstić information content (AvgIpc) is 2.57. The normalized spacial score (nSPS) is 13.6. The molecule has 24 heavy (non-hydrogen) atoms. The van der Waals surface area contributed by atoms with Gasteiger partial charge in [0.25, 0.3) is 5.91 Å². The zero-order valence-electron chi connectivity index (χ0n) is 14.5. The number of fused-ring (bicyclic) bond motifs is 1. The molecule has 1 aliphatic rings. The standard InChI is InChI=1S/C16H25N3O5/c1-4-5-7-24-15-13(20)9-12(10-23-3)19-14(15)16(21)18(11-17-19)6-8-22-2/h9,17H,4-8,10-11H2,1-3H3. The van der Waals surface area contributed by atoms with Crippen molar-refractivity contribution in [1.29, 1.82) is 0 Å². The molecule has 1 aromatic rings. The lowest BCUT2D eigenvalue weighted by Gasteiger charge is -2.33. The summed E-state index contributed by atoms with van der Waals surface area (Å²) in [5.74, 6) is -0.171. The number of unbranched alkanes of at least 4 members (excludes halogenated alkanes) is 1. The number of hydrogen-bond acceptors (Lipinski definition) is 6. The van der Waals surface area contributed by atoms with Crippen LogP contribution in [0.1, 0.15) is 35.9 Å². The van der Waals surface area contributed by atoms with Gasteiger partial charge in [0.05, 0.1) is 25.5 Å². The summed E-state index contributed by atoms with van der Waals surface area (Å²) < 4.78 is 17.4. The summed E-state index contributed by atoms with van der Waals surface area (Å²) in [6, 6.07) is 1.44. The second-order valence-corrected chi connectivity index (χ2v) is 5.53. The highest BCUT2D eigenvalue weighted by molar-refractivity contribution is 5.96. The molecule has 8 heteroatoms. The highest BCUT2D eigenvalue weighted by Gasteiger charge is 2.30. The summed E-state index contributed by atoms with van der Waals surface area (Å²) >= 11 is 0. The van der Waals surface area contributed by atoms with E-state index >= 15 is 0 Å². The average molecular weight is 339 g/mol. The first-order valence-corrected chi connectivity index (χ1v) is 8.06. The molecule has 1 amide bonds. The third-order valence-corrected chi connectivity index (χ3v) is 3.76. The lowest BCUT2D eigenvalue weighted by Crippen LogP contribution is -2.48. The molecule has 0 aliphatic carbocycles. The first-order chi connectivity index (χ1) is 11.6. The molecule has 0 spiro atoms. The van der Waals surface area contributed by atoms with E-state index in [1.807, 2.05) is 6.92 Å². The Morgan fingerprint density at radius 3 is 2.67 bits per heavy atom. The number of ether oxygens (including phenoxy) is 3. The third kappa shape index (κ3) is 3.88. The van der Waals surface area contributed by atoms with Gasteiger partial charge in [-0.05, 0) is 6.42 Å². The minimum atomic E-state index is -0.312. The largest absolute Gasteiger partial charge is 0.487 e. The van der Waals surface area contributed by atoms with Crippen molar-refractivity contribution in [3.05, 3.63) is 27.7 Å². The summed E-state index contributed by atoms with van der Waals surface area (Å²) in [7, 11) is 3.12. The number of rotatable bonds is 9. The number of carbonyl (C=O) groups excluding carboxylic acids is 1. The van der Waals surface area contributed by atoms with Gasteiger partial charge in [-0.3, -0.25) is 14.3 Å². The van der Waals surface area contributed by atoms with Crippen molar-refractivity contribution < 1.29 is 19.0 Å². The molecule has 0 unspecified atom stereocenters. The summed E-state index contributed by atoms with van der Waals surface area (Å²) in [5.41, 5.74) is 3.62. The van der Waals surface area contributed by atoms with Gasteiger partial charge in [0.1, 0.15) is 6.67 Å². The molecule has 0 fully saturated rings. The van der Waals surface area contributed by atoms with E-state index in [4.69, 9.17) is 14.2 Å². The molecule has 0 radical (unpaired) electrons. The predicted octanol–water partition coefficient (Wildman–Crippen LogP) is 0.777. The van der Waals surface area contributed by atoms with Crippen LogP contribution in [0.15, 0.2) is 10.9 Å². The van der Waals surface area contributed by atoms with Gasteiger partial charge in [-0.1, -0.05) is 13.3 Å². The van der Waals surface area contributed by atoms with E-state index in [1.54, 1.807) is 23.8 Å². The third-order valence-electron chi connectivity index (χ3n) is 3.76. The van der Waals surface area contributed by atoms with Gasteiger partial charge in [-0.25, -0.2) is 0 Å². The highest BCUT2D eigenvalue weighted by atomic mass is 16.5. The Bertz CT molecular complexity index is 629. The molecular formula is C16H25N3O5. The van der Waals surface area contributed by atoms with Crippen molar-refractivity contribution in [3.8, 4) is 5.75 Å². The van der Waals surface area contributed by atoms with E-state index in [2.05, 4.69) is 5.43 Å². The molecule has 0 saturated heterocycles. The number of amides is 1. The number of pyridine rings is 1. The van der Waals surface area contributed by atoms with Crippen LogP contribution < -0.4 is 15.6 Å². The Balaban J connectivity index is 2.42. The smallest absolute Gasteiger partial charge is 0.277 e. The van der Waals surface area contributed by atoms with E-state index in [0.29, 0.717) is 32.1 Å². The number of hydrogen-bond donors (Lipinski definition) is 1. The first kappa shape index (κ1) is 18.3. The fourth-order valence-corrected chi connectivity index (χ4v) is 2.49. The molecule has 2 heterocycles. The SMILES string of the molecule is CCCCOc1c2n(c(COC)cc1=O)NCN(CCOC)C2=O. The van der Waals surface area contributed by atoms with Gasteiger partial charge in [0, 0.05) is 26.8 Å².